The summed E-state index contributed by atoms with van der Waals surface area (Å²) in [4.78, 5) is 4.37. The molecule has 0 saturated carbocycles. The number of nitrogens with zero attached hydrogens (tertiary/aromatic N) is 1. The topological polar surface area (TPSA) is 32.6 Å². The Bertz CT molecular complexity index is 425. The fourth-order valence-electron chi connectivity index (χ4n) is 1.66. The quantitative estimate of drug-likeness (QED) is 0.756. The Balaban J connectivity index is 3.29. The first-order chi connectivity index (χ1) is 7.71. The Morgan fingerprint density at radius 2 is 1.82 bits per heavy atom. The van der Waals surface area contributed by atoms with Gasteiger partial charge in [0, 0.05) is 11.8 Å². The van der Waals surface area contributed by atoms with Crippen molar-refractivity contribution >= 4 is 11.9 Å². The summed E-state index contributed by atoms with van der Waals surface area (Å²) in [7, 11) is 0. The summed E-state index contributed by atoms with van der Waals surface area (Å²) in [5, 5.41) is 10.2. The lowest BCUT2D eigenvalue weighted by molar-refractivity contribution is 0.448. The molecule has 0 aliphatic rings. The van der Waals surface area contributed by atoms with Crippen molar-refractivity contribution in [2.45, 2.75) is 47.0 Å². The van der Waals surface area contributed by atoms with Crippen LogP contribution in [-0.4, -0.2) is 11.3 Å². The minimum atomic E-state index is -0.0712. The second-order valence-electron chi connectivity index (χ2n) is 5.95. The maximum Gasteiger partial charge on any atom is 0.144 e. The van der Waals surface area contributed by atoms with Crippen molar-refractivity contribution in [2.24, 2.45) is 10.9 Å². The molecule has 0 fully saturated rings. The molecule has 1 aromatic carbocycles. The van der Waals surface area contributed by atoms with Crippen molar-refractivity contribution in [2.75, 3.05) is 0 Å². The lowest BCUT2D eigenvalue weighted by Crippen LogP contribution is -2.11. The largest absolute Gasteiger partial charge is 0.505 e. The van der Waals surface area contributed by atoms with E-state index in [0.29, 0.717) is 17.4 Å². The maximum absolute atomic E-state index is 10.2. The second kappa shape index (κ2) is 4.91. The van der Waals surface area contributed by atoms with Crippen LogP contribution in [0.4, 0.5) is 5.69 Å². The summed E-state index contributed by atoms with van der Waals surface area (Å²) in [5.74, 6) is 0.688. The smallest absolute Gasteiger partial charge is 0.144 e. The van der Waals surface area contributed by atoms with Gasteiger partial charge in [-0.3, -0.25) is 4.99 Å². The highest BCUT2D eigenvalue weighted by Crippen LogP contribution is 2.38. The fourth-order valence-corrected chi connectivity index (χ4v) is 1.66. The number of aryl methyl sites for hydroxylation is 1. The number of hydrogen-bond donors (Lipinski definition) is 1. The number of rotatable bonds is 2. The van der Waals surface area contributed by atoms with Gasteiger partial charge in [0.15, 0.2) is 0 Å². The van der Waals surface area contributed by atoms with E-state index < -0.39 is 0 Å². The molecule has 17 heavy (non-hydrogen) atoms. The van der Waals surface area contributed by atoms with Gasteiger partial charge in [-0.2, -0.15) is 0 Å². The van der Waals surface area contributed by atoms with Gasteiger partial charge in [-0.25, -0.2) is 0 Å². The summed E-state index contributed by atoms with van der Waals surface area (Å²) in [6.45, 7) is 12.5. The Morgan fingerprint density at radius 3 is 2.29 bits per heavy atom. The van der Waals surface area contributed by atoms with Crippen LogP contribution in [0.2, 0.25) is 0 Å². The van der Waals surface area contributed by atoms with Crippen LogP contribution in [0.3, 0.4) is 0 Å². The average Bonchev–Trinajstić information content (AvgIpc) is 2.17. The van der Waals surface area contributed by atoms with E-state index in [4.69, 9.17) is 0 Å². The first-order valence-corrected chi connectivity index (χ1v) is 6.10. The summed E-state index contributed by atoms with van der Waals surface area (Å²) < 4.78 is 0. The van der Waals surface area contributed by atoms with Gasteiger partial charge in [-0.15, -0.1) is 0 Å². The predicted octanol–water partition coefficient (Wildman–Crippen LogP) is 4.36. The number of aromatic hydroxyl groups is 1. The summed E-state index contributed by atoms with van der Waals surface area (Å²) in [6, 6.07) is 3.95. The molecule has 0 amide bonds. The minimum Gasteiger partial charge on any atom is -0.505 e. The van der Waals surface area contributed by atoms with E-state index >= 15 is 0 Å². The fraction of sp³-hybridized carbons (Fsp3) is 0.533. The van der Waals surface area contributed by atoms with E-state index in [-0.39, 0.29) is 5.41 Å². The first kappa shape index (κ1) is 13.8. The Morgan fingerprint density at radius 1 is 1.24 bits per heavy atom. The number of benzene rings is 1. The van der Waals surface area contributed by atoms with Crippen LogP contribution in [0.25, 0.3) is 0 Å². The van der Waals surface area contributed by atoms with Gasteiger partial charge in [-0.05, 0) is 29.9 Å². The van der Waals surface area contributed by atoms with E-state index in [1.165, 1.54) is 0 Å². The van der Waals surface area contributed by atoms with Crippen LogP contribution in [-0.2, 0) is 5.41 Å². The van der Waals surface area contributed by atoms with Gasteiger partial charge >= 0.3 is 0 Å². The highest BCUT2D eigenvalue weighted by atomic mass is 16.3. The zero-order valence-electron chi connectivity index (χ0n) is 11.7. The van der Waals surface area contributed by atoms with Crippen molar-refractivity contribution in [1.29, 1.82) is 0 Å². The van der Waals surface area contributed by atoms with Crippen LogP contribution in [0.5, 0.6) is 5.75 Å². The third-order valence-corrected chi connectivity index (χ3v) is 2.55. The SMILES string of the molecule is Cc1cc(N=CC(C)C)c(O)c(C(C)(C)C)c1. The molecular weight excluding hydrogens is 210 g/mol. The van der Waals surface area contributed by atoms with Crippen LogP contribution < -0.4 is 0 Å². The summed E-state index contributed by atoms with van der Waals surface area (Å²) in [6.07, 6.45) is 1.86. The molecule has 0 radical (unpaired) electrons. The van der Waals surface area contributed by atoms with E-state index in [1.54, 1.807) is 0 Å². The van der Waals surface area contributed by atoms with Gasteiger partial charge in [0.1, 0.15) is 11.4 Å². The average molecular weight is 233 g/mol. The zero-order chi connectivity index (χ0) is 13.2. The lowest BCUT2D eigenvalue weighted by Gasteiger charge is -2.22. The molecule has 0 unspecified atom stereocenters. The highest BCUT2D eigenvalue weighted by molar-refractivity contribution is 5.69. The van der Waals surface area contributed by atoms with Gasteiger partial charge in [0.25, 0.3) is 0 Å². The molecule has 0 aliphatic carbocycles. The van der Waals surface area contributed by atoms with E-state index in [1.807, 2.05) is 25.3 Å². The molecule has 1 rings (SSSR count). The summed E-state index contributed by atoms with van der Waals surface area (Å²) >= 11 is 0. The van der Waals surface area contributed by atoms with Crippen molar-refractivity contribution in [3.05, 3.63) is 23.3 Å². The van der Waals surface area contributed by atoms with E-state index in [2.05, 4.69) is 39.6 Å². The van der Waals surface area contributed by atoms with Crippen LogP contribution in [0, 0.1) is 12.8 Å². The standard InChI is InChI=1S/C15H23NO/c1-10(2)9-16-13-8-11(3)7-12(14(13)17)15(4,5)6/h7-10,17H,1-6H3. The monoisotopic (exact) mass is 233 g/mol. The molecule has 0 heterocycles. The normalized spacial score (nSPS) is 12.6. The number of aliphatic imine (C=N–C) groups is 1. The highest BCUT2D eigenvalue weighted by Gasteiger charge is 2.20. The van der Waals surface area contributed by atoms with Crippen LogP contribution >= 0.6 is 0 Å². The van der Waals surface area contributed by atoms with Gasteiger partial charge in [-0.1, -0.05) is 40.7 Å². The van der Waals surface area contributed by atoms with Crippen LogP contribution in [0.1, 0.15) is 45.7 Å². The molecule has 0 aliphatic heterocycles. The number of phenolic OH excluding ortho intramolecular Hbond substituents is 1. The lowest BCUT2D eigenvalue weighted by atomic mass is 9.85. The molecule has 1 aromatic rings. The van der Waals surface area contributed by atoms with Crippen molar-refractivity contribution < 1.29 is 5.11 Å². The number of hydrogen-bond acceptors (Lipinski definition) is 2. The first-order valence-electron chi connectivity index (χ1n) is 6.10. The van der Waals surface area contributed by atoms with Crippen LogP contribution in [0.15, 0.2) is 17.1 Å². The minimum absolute atomic E-state index is 0.0712. The molecule has 0 aromatic heterocycles. The van der Waals surface area contributed by atoms with Crippen molar-refractivity contribution in [3.8, 4) is 5.75 Å². The molecule has 2 nitrogen and oxygen atoms in total. The Labute approximate surface area is 104 Å². The molecule has 0 atom stereocenters. The predicted molar refractivity (Wildman–Crippen MR) is 74.5 cm³/mol. The second-order valence-corrected chi connectivity index (χ2v) is 5.95. The molecule has 0 bridgehead atoms. The molecule has 0 saturated heterocycles. The molecule has 94 valence electrons. The van der Waals surface area contributed by atoms with E-state index in [9.17, 15) is 5.11 Å². The van der Waals surface area contributed by atoms with E-state index in [0.717, 1.165) is 11.1 Å². The Hall–Kier alpha value is -1.31. The number of phenols is 1. The molecular formula is C15H23NO. The third-order valence-electron chi connectivity index (χ3n) is 2.55. The van der Waals surface area contributed by atoms with Gasteiger partial charge in [0.2, 0.25) is 0 Å². The molecule has 1 N–H and O–H groups in total. The third kappa shape index (κ3) is 3.58. The van der Waals surface area contributed by atoms with Crippen molar-refractivity contribution in [1.82, 2.24) is 0 Å². The van der Waals surface area contributed by atoms with Crippen molar-refractivity contribution in [3.63, 3.8) is 0 Å². The Kier molecular flexibility index (Phi) is 3.97. The zero-order valence-corrected chi connectivity index (χ0v) is 11.7. The summed E-state index contributed by atoms with van der Waals surface area (Å²) in [5.41, 5.74) is 2.68. The van der Waals surface area contributed by atoms with Gasteiger partial charge < -0.3 is 5.11 Å². The molecule has 0 spiro atoms. The van der Waals surface area contributed by atoms with Gasteiger partial charge in [0.05, 0.1) is 0 Å². The maximum atomic E-state index is 10.2. The molecule has 2 heteroatoms.